The number of para-hydroxylation sites is 1. The first-order valence-corrected chi connectivity index (χ1v) is 9.15. The molecule has 1 amide bonds. The van der Waals surface area contributed by atoms with Crippen LogP contribution in [0.1, 0.15) is 33.5 Å². The molecular weight excluding hydrogens is 358 g/mol. The molecule has 0 saturated heterocycles. The molecule has 27 heavy (non-hydrogen) atoms. The summed E-state index contributed by atoms with van der Waals surface area (Å²) in [7, 11) is 2.11. The number of hydrogen-bond donors (Lipinski definition) is 1. The standard InChI is InChI=1S/C22H27N3O.ClH/c1-17-15-18(16-23)10-11-20(17)22(26)25-14-6-13-24(2)12-5-8-19-7-3-4-9-21(19)25;/h3-5,7-11,15H,6,12-14,16,23H2,1-2H3;1H. The summed E-state index contributed by atoms with van der Waals surface area (Å²) in [5.74, 6) is 0.0511. The maximum atomic E-state index is 13.4. The highest BCUT2D eigenvalue weighted by Gasteiger charge is 2.21. The van der Waals surface area contributed by atoms with Crippen molar-refractivity contribution in [3.63, 3.8) is 0 Å². The van der Waals surface area contributed by atoms with E-state index in [-0.39, 0.29) is 18.3 Å². The number of nitrogens with zero attached hydrogens (tertiary/aromatic N) is 2. The maximum absolute atomic E-state index is 13.4. The van der Waals surface area contributed by atoms with Gasteiger partial charge in [0.2, 0.25) is 0 Å². The third-order valence-corrected chi connectivity index (χ3v) is 4.87. The van der Waals surface area contributed by atoms with Crippen LogP contribution in [0.4, 0.5) is 5.69 Å². The summed E-state index contributed by atoms with van der Waals surface area (Å²) in [5.41, 5.74) is 10.5. The lowest BCUT2D eigenvalue weighted by molar-refractivity contribution is 0.0985. The van der Waals surface area contributed by atoms with E-state index in [2.05, 4.69) is 30.2 Å². The van der Waals surface area contributed by atoms with Crippen molar-refractivity contribution < 1.29 is 4.79 Å². The first kappa shape index (κ1) is 21.2. The van der Waals surface area contributed by atoms with Crippen LogP contribution in [-0.2, 0) is 6.54 Å². The van der Waals surface area contributed by atoms with Crippen LogP contribution in [0.15, 0.2) is 48.5 Å². The molecule has 4 nitrogen and oxygen atoms in total. The van der Waals surface area contributed by atoms with Crippen molar-refractivity contribution in [2.45, 2.75) is 19.9 Å². The molecule has 3 rings (SSSR count). The number of carbonyl (C=O) groups excluding carboxylic acids is 1. The summed E-state index contributed by atoms with van der Waals surface area (Å²) < 4.78 is 0. The lowest BCUT2D eigenvalue weighted by Gasteiger charge is -2.27. The van der Waals surface area contributed by atoms with E-state index in [1.165, 1.54) is 0 Å². The second kappa shape index (κ2) is 9.70. The van der Waals surface area contributed by atoms with Gasteiger partial charge in [-0.3, -0.25) is 4.79 Å². The Morgan fingerprint density at radius 3 is 2.67 bits per heavy atom. The summed E-state index contributed by atoms with van der Waals surface area (Å²) in [6, 6.07) is 14.0. The molecule has 2 aromatic carbocycles. The van der Waals surface area contributed by atoms with E-state index in [0.717, 1.165) is 47.5 Å². The molecule has 0 radical (unpaired) electrons. The van der Waals surface area contributed by atoms with Crippen molar-refractivity contribution in [3.05, 3.63) is 70.8 Å². The minimum atomic E-state index is 0. The number of hydrogen-bond acceptors (Lipinski definition) is 3. The van der Waals surface area contributed by atoms with E-state index in [1.54, 1.807) is 0 Å². The van der Waals surface area contributed by atoms with Crippen LogP contribution in [-0.4, -0.2) is 37.5 Å². The summed E-state index contributed by atoms with van der Waals surface area (Å²) in [6.07, 6.45) is 5.21. The normalized spacial score (nSPS) is 15.0. The molecule has 0 spiro atoms. The average molecular weight is 386 g/mol. The predicted octanol–water partition coefficient (Wildman–Crippen LogP) is 3.87. The molecule has 0 fully saturated rings. The Hall–Kier alpha value is -2.14. The van der Waals surface area contributed by atoms with Crippen LogP contribution in [0.25, 0.3) is 6.08 Å². The van der Waals surface area contributed by atoms with Gasteiger partial charge in [-0.05, 0) is 55.8 Å². The summed E-state index contributed by atoms with van der Waals surface area (Å²) >= 11 is 0. The second-order valence-corrected chi connectivity index (χ2v) is 6.89. The number of fused-ring (bicyclic) bond motifs is 1. The molecule has 1 heterocycles. The van der Waals surface area contributed by atoms with Gasteiger partial charge < -0.3 is 15.5 Å². The van der Waals surface area contributed by atoms with Crippen LogP contribution < -0.4 is 10.6 Å². The summed E-state index contributed by atoms with van der Waals surface area (Å²) in [6.45, 7) is 5.04. The quantitative estimate of drug-likeness (QED) is 0.853. The first-order valence-electron chi connectivity index (χ1n) is 9.15. The fourth-order valence-corrected chi connectivity index (χ4v) is 3.39. The zero-order chi connectivity index (χ0) is 18.5. The van der Waals surface area contributed by atoms with Gasteiger partial charge in [-0.25, -0.2) is 0 Å². The van der Waals surface area contributed by atoms with Crippen molar-refractivity contribution in [3.8, 4) is 0 Å². The molecule has 2 aromatic rings. The Bertz CT molecular complexity index is 819. The fraction of sp³-hybridized carbons (Fsp3) is 0.318. The Kier molecular flexibility index (Phi) is 7.60. The van der Waals surface area contributed by atoms with Gasteiger partial charge in [0, 0.05) is 25.2 Å². The van der Waals surface area contributed by atoms with Gasteiger partial charge in [-0.2, -0.15) is 0 Å². The zero-order valence-electron chi connectivity index (χ0n) is 16.0. The Morgan fingerprint density at radius 2 is 1.93 bits per heavy atom. The topological polar surface area (TPSA) is 49.6 Å². The SMILES string of the molecule is Cc1cc(CN)ccc1C(=O)N1CCCN(C)CC=Cc2ccccc21.Cl. The van der Waals surface area contributed by atoms with Gasteiger partial charge in [0.1, 0.15) is 0 Å². The van der Waals surface area contributed by atoms with Gasteiger partial charge in [-0.15, -0.1) is 12.4 Å². The van der Waals surface area contributed by atoms with Crippen LogP contribution >= 0.6 is 12.4 Å². The molecule has 5 heteroatoms. The molecular formula is C22H28ClN3O. The fourth-order valence-electron chi connectivity index (χ4n) is 3.39. The molecule has 0 bridgehead atoms. The van der Waals surface area contributed by atoms with Crippen molar-refractivity contribution in [2.75, 3.05) is 31.6 Å². The maximum Gasteiger partial charge on any atom is 0.258 e. The van der Waals surface area contributed by atoms with E-state index in [4.69, 9.17) is 5.73 Å². The predicted molar refractivity (Wildman–Crippen MR) is 116 cm³/mol. The molecule has 0 aromatic heterocycles. The van der Waals surface area contributed by atoms with Gasteiger partial charge >= 0.3 is 0 Å². The van der Waals surface area contributed by atoms with Gasteiger partial charge in [-0.1, -0.05) is 42.5 Å². The van der Waals surface area contributed by atoms with Crippen molar-refractivity contribution in [1.82, 2.24) is 4.90 Å². The van der Waals surface area contributed by atoms with Crippen LogP contribution in [0.3, 0.4) is 0 Å². The monoisotopic (exact) mass is 385 g/mol. The molecule has 0 aliphatic carbocycles. The summed E-state index contributed by atoms with van der Waals surface area (Å²) in [4.78, 5) is 17.6. The smallest absolute Gasteiger partial charge is 0.258 e. The number of amides is 1. The van der Waals surface area contributed by atoms with Crippen molar-refractivity contribution >= 4 is 30.1 Å². The van der Waals surface area contributed by atoms with Crippen molar-refractivity contribution in [2.24, 2.45) is 5.73 Å². The van der Waals surface area contributed by atoms with Gasteiger partial charge in [0.15, 0.2) is 0 Å². The molecule has 0 unspecified atom stereocenters. The number of halogens is 1. The number of benzene rings is 2. The molecule has 0 saturated carbocycles. The van der Waals surface area contributed by atoms with E-state index < -0.39 is 0 Å². The van der Waals surface area contributed by atoms with Crippen LogP contribution in [0.5, 0.6) is 0 Å². The largest absolute Gasteiger partial charge is 0.326 e. The average Bonchev–Trinajstić information content (AvgIpc) is 2.65. The number of likely N-dealkylation sites (N-methyl/N-ethyl adjacent to an activating group) is 1. The highest BCUT2D eigenvalue weighted by molar-refractivity contribution is 6.08. The Morgan fingerprint density at radius 1 is 1.15 bits per heavy atom. The van der Waals surface area contributed by atoms with Crippen LogP contribution in [0, 0.1) is 6.92 Å². The molecule has 1 aliphatic rings. The number of nitrogens with two attached hydrogens (primary N) is 1. The third-order valence-electron chi connectivity index (χ3n) is 4.87. The molecule has 0 atom stereocenters. The first-order chi connectivity index (χ1) is 12.6. The summed E-state index contributed by atoms with van der Waals surface area (Å²) in [5, 5.41) is 0. The highest BCUT2D eigenvalue weighted by Crippen LogP contribution is 2.26. The number of aryl methyl sites for hydroxylation is 1. The van der Waals surface area contributed by atoms with E-state index >= 15 is 0 Å². The molecule has 1 aliphatic heterocycles. The minimum absolute atomic E-state index is 0. The van der Waals surface area contributed by atoms with Crippen LogP contribution in [0.2, 0.25) is 0 Å². The number of anilines is 1. The van der Waals surface area contributed by atoms with E-state index in [1.807, 2.05) is 48.2 Å². The van der Waals surface area contributed by atoms with E-state index in [9.17, 15) is 4.79 Å². The third kappa shape index (κ3) is 4.98. The van der Waals surface area contributed by atoms with Gasteiger partial charge in [0.05, 0.1) is 5.69 Å². The number of carbonyl (C=O) groups is 1. The second-order valence-electron chi connectivity index (χ2n) is 6.89. The minimum Gasteiger partial charge on any atom is -0.326 e. The Labute approximate surface area is 168 Å². The lowest BCUT2D eigenvalue weighted by atomic mass is 10.0. The molecule has 144 valence electrons. The highest BCUT2D eigenvalue weighted by atomic mass is 35.5. The van der Waals surface area contributed by atoms with Crippen molar-refractivity contribution in [1.29, 1.82) is 0 Å². The van der Waals surface area contributed by atoms with Gasteiger partial charge in [0.25, 0.3) is 5.91 Å². The Balaban J connectivity index is 0.00000261. The lowest BCUT2D eigenvalue weighted by Crippen LogP contribution is -2.35. The zero-order valence-corrected chi connectivity index (χ0v) is 16.8. The number of rotatable bonds is 2. The molecule has 2 N–H and O–H groups in total. The van der Waals surface area contributed by atoms with E-state index in [0.29, 0.717) is 13.1 Å².